The molecular weight excluding hydrogens is 462 g/mol. The molecule has 3 aromatic carbocycles. The van der Waals surface area contributed by atoms with Crippen LogP contribution in [-0.4, -0.2) is 33.9 Å². The lowest BCUT2D eigenvalue weighted by Gasteiger charge is -2.16. The van der Waals surface area contributed by atoms with Crippen LogP contribution in [0.4, 0.5) is 5.69 Å². The first-order valence-electron chi connectivity index (χ1n) is 11.5. The summed E-state index contributed by atoms with van der Waals surface area (Å²) in [5.41, 5.74) is 1.08. The fourth-order valence-electron chi connectivity index (χ4n) is 4.00. The Morgan fingerprint density at radius 3 is 2.66 bits per heavy atom. The monoisotopic (exact) mass is 487 g/mol. The number of para-hydroxylation sites is 4. The maximum absolute atomic E-state index is 13.2. The highest BCUT2D eigenvalue weighted by Gasteiger charge is 2.21. The number of benzene rings is 3. The van der Waals surface area contributed by atoms with Gasteiger partial charge in [0.25, 0.3) is 5.56 Å². The van der Waals surface area contributed by atoms with Crippen molar-refractivity contribution in [3.63, 3.8) is 0 Å². The lowest BCUT2D eigenvalue weighted by molar-refractivity contribution is -0.113. The Morgan fingerprint density at radius 1 is 1.06 bits per heavy atom. The molecule has 2 heterocycles. The average molecular weight is 488 g/mol. The molecule has 0 aliphatic carbocycles. The van der Waals surface area contributed by atoms with Crippen molar-refractivity contribution in [2.75, 3.05) is 17.7 Å². The highest BCUT2D eigenvalue weighted by molar-refractivity contribution is 7.99. The summed E-state index contributed by atoms with van der Waals surface area (Å²) in [5, 5.41) is 3.99. The van der Waals surface area contributed by atoms with Crippen molar-refractivity contribution >= 4 is 34.3 Å². The molecule has 1 N–H and O–H groups in total. The van der Waals surface area contributed by atoms with Crippen LogP contribution in [0, 0.1) is 0 Å². The Kier molecular flexibility index (Phi) is 7.11. The number of anilines is 1. The van der Waals surface area contributed by atoms with Crippen molar-refractivity contribution in [3.8, 4) is 11.5 Å². The SMILES string of the molecule is O=C(CSc1nc2ccccc2c(=O)n1C[C@H]1CCCO1)Nc1ccccc1Oc1ccccc1. The minimum Gasteiger partial charge on any atom is -0.455 e. The van der Waals surface area contributed by atoms with Gasteiger partial charge in [-0.1, -0.05) is 54.2 Å². The van der Waals surface area contributed by atoms with Gasteiger partial charge in [-0.2, -0.15) is 0 Å². The molecule has 1 atom stereocenters. The number of nitrogens with one attached hydrogen (secondary N) is 1. The number of nitrogens with zero attached hydrogens (tertiary/aromatic N) is 2. The van der Waals surface area contributed by atoms with E-state index in [4.69, 9.17) is 14.5 Å². The molecule has 1 aliphatic heterocycles. The third kappa shape index (κ3) is 5.55. The molecule has 1 aromatic heterocycles. The van der Waals surface area contributed by atoms with Crippen LogP contribution in [0.3, 0.4) is 0 Å². The Balaban J connectivity index is 1.33. The molecule has 35 heavy (non-hydrogen) atoms. The molecule has 5 rings (SSSR count). The molecule has 4 aromatic rings. The fraction of sp³-hybridized carbons (Fsp3) is 0.222. The van der Waals surface area contributed by atoms with E-state index < -0.39 is 0 Å². The number of hydrogen-bond donors (Lipinski definition) is 1. The molecule has 178 valence electrons. The number of aromatic nitrogens is 2. The van der Waals surface area contributed by atoms with Gasteiger partial charge in [0.15, 0.2) is 10.9 Å². The molecule has 0 unspecified atom stereocenters. The molecule has 0 radical (unpaired) electrons. The molecule has 1 fully saturated rings. The van der Waals surface area contributed by atoms with Crippen LogP contribution in [0.25, 0.3) is 10.9 Å². The van der Waals surface area contributed by atoms with Crippen LogP contribution in [0.2, 0.25) is 0 Å². The predicted molar refractivity (Wildman–Crippen MR) is 137 cm³/mol. The summed E-state index contributed by atoms with van der Waals surface area (Å²) in [6, 6.07) is 24.0. The Morgan fingerprint density at radius 2 is 1.83 bits per heavy atom. The van der Waals surface area contributed by atoms with Crippen LogP contribution >= 0.6 is 11.8 Å². The molecular formula is C27H25N3O4S. The highest BCUT2D eigenvalue weighted by atomic mass is 32.2. The fourth-order valence-corrected chi connectivity index (χ4v) is 4.81. The summed E-state index contributed by atoms with van der Waals surface area (Å²) in [6.07, 6.45) is 1.86. The number of carbonyl (C=O) groups excluding carboxylic acids is 1. The van der Waals surface area contributed by atoms with Crippen LogP contribution in [0.15, 0.2) is 88.8 Å². The van der Waals surface area contributed by atoms with E-state index in [9.17, 15) is 9.59 Å². The second kappa shape index (κ2) is 10.8. The molecule has 1 amide bonds. The zero-order chi connectivity index (χ0) is 24.0. The number of carbonyl (C=O) groups is 1. The molecule has 0 saturated carbocycles. The molecule has 8 heteroatoms. The summed E-state index contributed by atoms with van der Waals surface area (Å²) in [6.45, 7) is 1.13. The van der Waals surface area contributed by atoms with Gasteiger partial charge in [-0.25, -0.2) is 4.98 Å². The van der Waals surface area contributed by atoms with Gasteiger partial charge in [-0.05, 0) is 49.2 Å². The van der Waals surface area contributed by atoms with Crippen LogP contribution in [0.5, 0.6) is 11.5 Å². The smallest absolute Gasteiger partial charge is 0.262 e. The zero-order valence-electron chi connectivity index (χ0n) is 19.1. The summed E-state index contributed by atoms with van der Waals surface area (Å²) in [4.78, 5) is 30.8. The van der Waals surface area contributed by atoms with E-state index in [1.807, 2.05) is 60.7 Å². The maximum Gasteiger partial charge on any atom is 0.262 e. The third-order valence-electron chi connectivity index (χ3n) is 5.70. The Labute approximate surface area is 207 Å². The number of fused-ring (bicyclic) bond motifs is 1. The van der Waals surface area contributed by atoms with E-state index in [1.54, 1.807) is 22.8 Å². The van der Waals surface area contributed by atoms with Crippen LogP contribution < -0.4 is 15.6 Å². The van der Waals surface area contributed by atoms with Crippen molar-refractivity contribution in [3.05, 3.63) is 89.2 Å². The molecule has 0 bridgehead atoms. The zero-order valence-corrected chi connectivity index (χ0v) is 19.9. The predicted octanol–water partition coefficient (Wildman–Crippen LogP) is 5.10. The first-order chi connectivity index (χ1) is 17.2. The molecule has 0 spiro atoms. The van der Waals surface area contributed by atoms with Gasteiger partial charge >= 0.3 is 0 Å². The third-order valence-corrected chi connectivity index (χ3v) is 6.68. The lowest BCUT2D eigenvalue weighted by Crippen LogP contribution is -2.29. The largest absolute Gasteiger partial charge is 0.455 e. The summed E-state index contributed by atoms with van der Waals surface area (Å²) >= 11 is 1.24. The van der Waals surface area contributed by atoms with Gasteiger partial charge in [0, 0.05) is 6.61 Å². The number of hydrogen-bond acceptors (Lipinski definition) is 6. The van der Waals surface area contributed by atoms with Gasteiger partial charge < -0.3 is 14.8 Å². The van der Waals surface area contributed by atoms with E-state index in [0.29, 0.717) is 46.4 Å². The second-order valence-corrected chi connectivity index (χ2v) is 9.15. The molecule has 1 aliphatic rings. The second-order valence-electron chi connectivity index (χ2n) is 8.21. The van der Waals surface area contributed by atoms with Crippen LogP contribution in [-0.2, 0) is 16.1 Å². The van der Waals surface area contributed by atoms with Crippen molar-refractivity contribution in [1.82, 2.24) is 9.55 Å². The maximum atomic E-state index is 13.2. The van der Waals surface area contributed by atoms with E-state index in [1.165, 1.54) is 11.8 Å². The van der Waals surface area contributed by atoms with E-state index >= 15 is 0 Å². The minimum absolute atomic E-state index is 0.0224. The van der Waals surface area contributed by atoms with Crippen molar-refractivity contribution < 1.29 is 14.3 Å². The first-order valence-corrected chi connectivity index (χ1v) is 12.5. The van der Waals surface area contributed by atoms with Crippen molar-refractivity contribution in [2.45, 2.75) is 30.6 Å². The van der Waals surface area contributed by atoms with E-state index in [-0.39, 0.29) is 23.3 Å². The summed E-state index contributed by atoms with van der Waals surface area (Å²) < 4.78 is 13.3. The average Bonchev–Trinajstić information content (AvgIpc) is 3.40. The Bertz CT molecular complexity index is 1380. The first kappa shape index (κ1) is 23.1. The van der Waals surface area contributed by atoms with Crippen LogP contribution in [0.1, 0.15) is 12.8 Å². The van der Waals surface area contributed by atoms with Gasteiger partial charge in [-0.3, -0.25) is 14.2 Å². The number of amides is 1. The normalized spacial score (nSPS) is 15.3. The van der Waals surface area contributed by atoms with Gasteiger partial charge in [0.2, 0.25) is 5.91 Å². The number of ether oxygens (including phenoxy) is 2. The standard InChI is InChI=1S/C27H25N3O4S/c31-25(28-23-14-6-7-15-24(23)34-19-9-2-1-3-10-19)18-35-27-29-22-13-5-4-12-21(22)26(32)30(27)17-20-11-8-16-33-20/h1-7,9-10,12-15,20H,8,11,16-18H2,(H,28,31)/t20-/m1/s1. The summed E-state index contributed by atoms with van der Waals surface area (Å²) in [7, 11) is 0. The molecule has 7 nitrogen and oxygen atoms in total. The van der Waals surface area contributed by atoms with Crippen molar-refractivity contribution in [1.29, 1.82) is 0 Å². The quantitative estimate of drug-likeness (QED) is 0.275. The molecule has 1 saturated heterocycles. The Hall–Kier alpha value is -3.62. The van der Waals surface area contributed by atoms with Gasteiger partial charge in [0.1, 0.15) is 5.75 Å². The van der Waals surface area contributed by atoms with E-state index in [2.05, 4.69) is 5.32 Å². The number of rotatable bonds is 8. The topological polar surface area (TPSA) is 82.5 Å². The number of thioether (sulfide) groups is 1. The van der Waals surface area contributed by atoms with E-state index in [0.717, 1.165) is 12.8 Å². The lowest BCUT2D eigenvalue weighted by atomic mass is 10.2. The van der Waals surface area contributed by atoms with Gasteiger partial charge in [0.05, 0.1) is 35.0 Å². The minimum atomic E-state index is -0.217. The highest BCUT2D eigenvalue weighted by Crippen LogP contribution is 2.29. The van der Waals surface area contributed by atoms with Gasteiger partial charge in [-0.15, -0.1) is 0 Å². The van der Waals surface area contributed by atoms with Crippen molar-refractivity contribution in [2.24, 2.45) is 0 Å². The summed E-state index contributed by atoms with van der Waals surface area (Å²) in [5.74, 6) is 1.11.